The summed E-state index contributed by atoms with van der Waals surface area (Å²) in [6, 6.07) is 11.9. The first-order chi connectivity index (χ1) is 13.3. The van der Waals surface area contributed by atoms with Crippen LogP contribution in [-0.4, -0.2) is 37.4 Å². The number of rotatable bonds is 5. The lowest BCUT2D eigenvalue weighted by Crippen LogP contribution is -2.27. The summed E-state index contributed by atoms with van der Waals surface area (Å²) in [7, 11) is 1.94. The molecule has 0 amide bonds. The lowest BCUT2D eigenvalue weighted by molar-refractivity contribution is 0.243. The van der Waals surface area contributed by atoms with Crippen molar-refractivity contribution in [1.82, 2.24) is 24.8 Å². The highest BCUT2D eigenvalue weighted by molar-refractivity contribution is 5.24. The van der Waals surface area contributed by atoms with Gasteiger partial charge in [-0.2, -0.15) is 10.1 Å². The van der Waals surface area contributed by atoms with E-state index in [0.717, 1.165) is 31.0 Å². The van der Waals surface area contributed by atoms with E-state index in [-0.39, 0.29) is 0 Å². The van der Waals surface area contributed by atoms with E-state index in [9.17, 15) is 0 Å². The SMILES string of the molecule is Cn1cc(CCc2nc([C@H]3C[C@@H](c4ccccc4)N4CCC[C@H]34)no2)cn1. The average Bonchev–Trinajstić information content (AvgIpc) is 3.45. The molecule has 0 bridgehead atoms. The van der Waals surface area contributed by atoms with Gasteiger partial charge in [-0.3, -0.25) is 9.58 Å². The summed E-state index contributed by atoms with van der Waals surface area (Å²) in [5.41, 5.74) is 2.61. The highest BCUT2D eigenvalue weighted by Crippen LogP contribution is 2.48. The third kappa shape index (κ3) is 3.18. The maximum absolute atomic E-state index is 5.59. The molecule has 2 aliphatic rings. The van der Waals surface area contributed by atoms with Crippen LogP contribution < -0.4 is 0 Å². The first-order valence-electron chi connectivity index (χ1n) is 9.88. The van der Waals surface area contributed by atoms with Crippen LogP contribution in [0.25, 0.3) is 0 Å². The van der Waals surface area contributed by atoms with E-state index in [1.54, 1.807) is 0 Å². The number of nitrogens with zero attached hydrogens (tertiary/aromatic N) is 5. The summed E-state index contributed by atoms with van der Waals surface area (Å²) in [5, 5.41) is 8.59. The van der Waals surface area contributed by atoms with Crippen molar-refractivity contribution in [2.75, 3.05) is 6.54 Å². The topological polar surface area (TPSA) is 60.0 Å². The van der Waals surface area contributed by atoms with Gasteiger partial charge < -0.3 is 4.52 Å². The van der Waals surface area contributed by atoms with Crippen LogP contribution in [0.5, 0.6) is 0 Å². The fraction of sp³-hybridized carbons (Fsp3) is 0.476. The van der Waals surface area contributed by atoms with Crippen molar-refractivity contribution < 1.29 is 4.52 Å². The molecule has 2 aliphatic heterocycles. The third-order valence-corrected chi connectivity index (χ3v) is 6.07. The van der Waals surface area contributed by atoms with Crippen molar-refractivity contribution in [2.24, 2.45) is 7.05 Å². The summed E-state index contributed by atoms with van der Waals surface area (Å²) in [5.74, 6) is 2.00. The summed E-state index contributed by atoms with van der Waals surface area (Å²) in [6.07, 6.45) is 9.15. The molecule has 6 nitrogen and oxygen atoms in total. The molecule has 0 spiro atoms. The van der Waals surface area contributed by atoms with Gasteiger partial charge in [-0.15, -0.1) is 0 Å². The Bertz CT molecular complexity index is 902. The molecule has 0 unspecified atom stereocenters. The zero-order chi connectivity index (χ0) is 18.2. The second-order valence-electron chi connectivity index (χ2n) is 7.78. The Labute approximate surface area is 159 Å². The van der Waals surface area contributed by atoms with E-state index in [4.69, 9.17) is 9.51 Å². The van der Waals surface area contributed by atoms with Gasteiger partial charge in [-0.1, -0.05) is 35.5 Å². The Morgan fingerprint density at radius 1 is 1.19 bits per heavy atom. The predicted octanol–water partition coefficient (Wildman–Crippen LogP) is 3.28. The van der Waals surface area contributed by atoms with Crippen LogP contribution >= 0.6 is 0 Å². The van der Waals surface area contributed by atoms with Crippen LogP contribution in [0.3, 0.4) is 0 Å². The normalized spacial score (nSPS) is 25.1. The minimum absolute atomic E-state index is 0.369. The smallest absolute Gasteiger partial charge is 0.226 e. The van der Waals surface area contributed by atoms with Crippen LogP contribution in [0.2, 0.25) is 0 Å². The van der Waals surface area contributed by atoms with Gasteiger partial charge >= 0.3 is 0 Å². The Balaban J connectivity index is 1.32. The van der Waals surface area contributed by atoms with Gasteiger partial charge in [0.15, 0.2) is 5.82 Å². The molecule has 2 aromatic heterocycles. The molecule has 2 fully saturated rings. The van der Waals surface area contributed by atoms with E-state index < -0.39 is 0 Å². The second-order valence-corrected chi connectivity index (χ2v) is 7.78. The summed E-state index contributed by atoms with van der Waals surface area (Å²) < 4.78 is 7.41. The molecule has 3 atom stereocenters. The van der Waals surface area contributed by atoms with Gasteiger partial charge in [-0.05, 0) is 43.4 Å². The molecule has 6 heteroatoms. The Hall–Kier alpha value is -2.47. The van der Waals surface area contributed by atoms with E-state index >= 15 is 0 Å². The zero-order valence-corrected chi connectivity index (χ0v) is 15.7. The van der Waals surface area contributed by atoms with Gasteiger partial charge in [-0.25, -0.2) is 0 Å². The van der Waals surface area contributed by atoms with E-state index in [1.165, 1.54) is 30.5 Å². The summed E-state index contributed by atoms with van der Waals surface area (Å²) in [6.45, 7) is 1.17. The van der Waals surface area contributed by atoms with Crippen molar-refractivity contribution in [3.8, 4) is 0 Å². The highest BCUT2D eigenvalue weighted by Gasteiger charge is 2.46. The summed E-state index contributed by atoms with van der Waals surface area (Å²) >= 11 is 0. The lowest BCUT2D eigenvalue weighted by Gasteiger charge is -2.24. The van der Waals surface area contributed by atoms with Crippen molar-refractivity contribution in [1.29, 1.82) is 0 Å². The maximum atomic E-state index is 5.59. The predicted molar refractivity (Wildman–Crippen MR) is 101 cm³/mol. The van der Waals surface area contributed by atoms with Crippen molar-refractivity contribution in [3.05, 3.63) is 65.6 Å². The highest BCUT2D eigenvalue weighted by atomic mass is 16.5. The van der Waals surface area contributed by atoms with Crippen LogP contribution in [0, 0.1) is 0 Å². The fourth-order valence-electron chi connectivity index (χ4n) is 4.82. The second kappa shape index (κ2) is 6.93. The van der Waals surface area contributed by atoms with E-state index in [2.05, 4.69) is 45.5 Å². The molecule has 5 rings (SSSR count). The number of benzene rings is 1. The van der Waals surface area contributed by atoms with Crippen LogP contribution in [-0.2, 0) is 19.9 Å². The van der Waals surface area contributed by atoms with Gasteiger partial charge in [0.1, 0.15) is 0 Å². The summed E-state index contributed by atoms with van der Waals surface area (Å²) in [4.78, 5) is 7.43. The number of hydrogen-bond donors (Lipinski definition) is 0. The quantitative estimate of drug-likeness (QED) is 0.696. The Morgan fingerprint density at radius 2 is 2.07 bits per heavy atom. The maximum Gasteiger partial charge on any atom is 0.226 e. The van der Waals surface area contributed by atoms with Crippen LogP contribution in [0.1, 0.15) is 54.1 Å². The largest absolute Gasteiger partial charge is 0.339 e. The monoisotopic (exact) mass is 363 g/mol. The molecule has 0 aliphatic carbocycles. The standard InChI is InChI=1S/C21H25N5O/c1-25-14-15(13-22-25)9-10-20-23-21(24-27-20)17-12-19(16-6-3-2-4-7-16)26-11-5-8-18(17)26/h2-4,6-7,13-14,17-19H,5,8-12H2,1H3/t17-,18+,19-/m0/s1. The lowest BCUT2D eigenvalue weighted by atomic mass is 9.94. The molecule has 0 radical (unpaired) electrons. The van der Waals surface area contributed by atoms with Crippen molar-refractivity contribution >= 4 is 0 Å². The molecule has 27 heavy (non-hydrogen) atoms. The number of aromatic nitrogens is 4. The minimum Gasteiger partial charge on any atom is -0.339 e. The molecule has 4 heterocycles. The first kappa shape index (κ1) is 16.7. The Morgan fingerprint density at radius 3 is 2.89 bits per heavy atom. The molecule has 2 saturated heterocycles. The zero-order valence-electron chi connectivity index (χ0n) is 15.7. The van der Waals surface area contributed by atoms with Crippen molar-refractivity contribution in [3.63, 3.8) is 0 Å². The molecular weight excluding hydrogens is 338 g/mol. The number of fused-ring (bicyclic) bond motifs is 1. The van der Waals surface area contributed by atoms with Crippen LogP contribution in [0.4, 0.5) is 0 Å². The molecule has 140 valence electrons. The van der Waals surface area contributed by atoms with Crippen LogP contribution in [0.15, 0.2) is 47.2 Å². The van der Waals surface area contributed by atoms with Gasteiger partial charge in [0.05, 0.1) is 6.20 Å². The minimum atomic E-state index is 0.369. The number of aryl methyl sites for hydroxylation is 3. The molecule has 3 aromatic rings. The number of hydrogen-bond acceptors (Lipinski definition) is 5. The van der Waals surface area contributed by atoms with Crippen molar-refractivity contribution in [2.45, 2.75) is 50.1 Å². The van der Waals surface area contributed by atoms with Gasteiger partial charge in [0, 0.05) is 37.7 Å². The molecule has 0 saturated carbocycles. The van der Waals surface area contributed by atoms with Gasteiger partial charge in [0.25, 0.3) is 0 Å². The molecular formula is C21H25N5O. The molecule has 1 aromatic carbocycles. The average molecular weight is 363 g/mol. The van der Waals surface area contributed by atoms with E-state index in [1.807, 2.05) is 24.1 Å². The fourth-order valence-corrected chi connectivity index (χ4v) is 4.82. The van der Waals surface area contributed by atoms with E-state index in [0.29, 0.717) is 18.0 Å². The Kier molecular flexibility index (Phi) is 4.28. The molecule has 0 N–H and O–H groups in total. The van der Waals surface area contributed by atoms with Gasteiger partial charge in [0.2, 0.25) is 5.89 Å². The first-order valence-corrected chi connectivity index (χ1v) is 9.88. The third-order valence-electron chi connectivity index (χ3n) is 6.07.